The molecule has 0 amide bonds. The summed E-state index contributed by atoms with van der Waals surface area (Å²) in [5.41, 5.74) is 5.34. The highest BCUT2D eigenvalue weighted by Crippen LogP contribution is 2.40. The predicted molar refractivity (Wildman–Crippen MR) is 98.9 cm³/mol. The van der Waals surface area contributed by atoms with Crippen molar-refractivity contribution in [3.63, 3.8) is 0 Å². The van der Waals surface area contributed by atoms with Crippen LogP contribution in [-0.2, 0) is 0 Å². The minimum absolute atomic E-state index is 0.578. The van der Waals surface area contributed by atoms with Gasteiger partial charge in [0.25, 0.3) is 0 Å². The molecule has 0 aliphatic heterocycles. The van der Waals surface area contributed by atoms with E-state index in [1.807, 2.05) is 0 Å². The number of rotatable bonds is 1. The molecule has 1 aliphatic rings. The van der Waals surface area contributed by atoms with Gasteiger partial charge in [-0.05, 0) is 54.5 Å². The Morgan fingerprint density at radius 3 is 2.70 bits per heavy atom. The molecule has 2 atom stereocenters. The Bertz CT molecular complexity index is 906. The molecule has 1 heteroatoms. The Hall–Kier alpha value is -2.15. The number of hydrogen-bond acceptors (Lipinski definition) is 1. The Labute approximate surface area is 138 Å². The summed E-state index contributed by atoms with van der Waals surface area (Å²) in [6.45, 7) is 8.85. The second-order valence-corrected chi connectivity index (χ2v) is 7.22. The number of benzene rings is 2. The molecule has 0 bridgehead atoms. The molecule has 2 unspecified atom stereocenters. The van der Waals surface area contributed by atoms with Crippen molar-refractivity contribution in [3.05, 3.63) is 65.9 Å². The zero-order valence-corrected chi connectivity index (χ0v) is 14.0. The normalized spacial score (nSPS) is 21.9. The first-order valence-corrected chi connectivity index (χ1v) is 8.57. The Morgan fingerprint density at radius 2 is 1.87 bits per heavy atom. The van der Waals surface area contributed by atoms with Gasteiger partial charge in [0.2, 0.25) is 0 Å². The van der Waals surface area contributed by atoms with Gasteiger partial charge in [-0.15, -0.1) is 0 Å². The van der Waals surface area contributed by atoms with Crippen molar-refractivity contribution in [1.29, 1.82) is 0 Å². The fraction of sp³-hybridized carbons (Fsp3) is 0.318. The molecule has 1 fully saturated rings. The van der Waals surface area contributed by atoms with Crippen molar-refractivity contribution in [2.24, 2.45) is 5.92 Å². The lowest BCUT2D eigenvalue weighted by Gasteiger charge is -2.30. The fourth-order valence-corrected chi connectivity index (χ4v) is 4.31. The molecular weight excluding hydrogens is 278 g/mol. The van der Waals surface area contributed by atoms with E-state index in [0.717, 1.165) is 17.9 Å². The van der Waals surface area contributed by atoms with Crippen LogP contribution in [0.15, 0.2) is 54.7 Å². The first-order chi connectivity index (χ1) is 11.1. The van der Waals surface area contributed by atoms with E-state index in [1.54, 1.807) is 0 Å². The largest absolute Gasteiger partial charge is 0.255 e. The second kappa shape index (κ2) is 5.49. The van der Waals surface area contributed by atoms with E-state index in [1.165, 1.54) is 45.7 Å². The van der Waals surface area contributed by atoms with Gasteiger partial charge in [0, 0.05) is 17.0 Å². The molecule has 1 saturated carbocycles. The van der Waals surface area contributed by atoms with Gasteiger partial charge in [-0.2, -0.15) is 0 Å². The summed E-state index contributed by atoms with van der Waals surface area (Å²) in [4.78, 5) is 4.87. The van der Waals surface area contributed by atoms with Crippen molar-refractivity contribution in [3.8, 4) is 0 Å². The first kappa shape index (κ1) is 14.4. The van der Waals surface area contributed by atoms with Gasteiger partial charge in [-0.3, -0.25) is 4.98 Å². The predicted octanol–water partition coefficient (Wildman–Crippen LogP) is 6.16. The second-order valence-electron chi connectivity index (χ2n) is 7.22. The number of aromatic nitrogens is 1. The van der Waals surface area contributed by atoms with E-state index in [-0.39, 0.29) is 0 Å². The maximum Gasteiger partial charge on any atom is 0.0783 e. The molecule has 3 aromatic rings. The number of nitrogens with zero attached hydrogens (tertiary/aromatic N) is 1. The Balaban J connectivity index is 1.88. The molecule has 4 rings (SSSR count). The zero-order chi connectivity index (χ0) is 16.0. The van der Waals surface area contributed by atoms with Crippen molar-refractivity contribution in [2.75, 3.05) is 0 Å². The van der Waals surface area contributed by atoms with Crippen molar-refractivity contribution < 1.29 is 0 Å². The van der Waals surface area contributed by atoms with Crippen LogP contribution in [-0.4, -0.2) is 4.98 Å². The van der Waals surface area contributed by atoms with Gasteiger partial charge in [-0.1, -0.05) is 55.5 Å². The number of hydrogen-bond donors (Lipinski definition) is 0. The summed E-state index contributed by atoms with van der Waals surface area (Å²) in [5, 5.41) is 3.81. The third-order valence-electron chi connectivity index (χ3n) is 5.37. The molecular formula is C22H23N. The van der Waals surface area contributed by atoms with E-state index >= 15 is 0 Å². The lowest BCUT2D eigenvalue weighted by molar-refractivity contribution is 0.406. The maximum atomic E-state index is 4.87. The molecule has 2 aromatic carbocycles. The average molecular weight is 301 g/mol. The molecule has 1 nitrogen and oxygen atoms in total. The summed E-state index contributed by atoms with van der Waals surface area (Å²) in [6.07, 6.45) is 5.67. The third-order valence-corrected chi connectivity index (χ3v) is 5.37. The molecule has 0 radical (unpaired) electrons. The van der Waals surface area contributed by atoms with Crippen LogP contribution in [0.1, 0.15) is 43.2 Å². The molecule has 1 aromatic heterocycles. The fourth-order valence-electron chi connectivity index (χ4n) is 4.31. The number of fused-ring (bicyclic) bond motifs is 3. The van der Waals surface area contributed by atoms with Crippen LogP contribution in [0.2, 0.25) is 0 Å². The lowest BCUT2D eigenvalue weighted by Crippen LogP contribution is -2.14. The van der Waals surface area contributed by atoms with Gasteiger partial charge in [0.15, 0.2) is 0 Å². The zero-order valence-electron chi connectivity index (χ0n) is 14.0. The summed E-state index contributed by atoms with van der Waals surface area (Å²) < 4.78 is 0. The minimum Gasteiger partial charge on any atom is -0.255 e. The van der Waals surface area contributed by atoms with Crippen LogP contribution in [0.4, 0.5) is 0 Å². The maximum absolute atomic E-state index is 4.87. The highest BCUT2D eigenvalue weighted by molar-refractivity contribution is 6.06. The monoisotopic (exact) mass is 301 g/mol. The standard InChI is InChI=1S/C22H23N/c1-14-10-15(2)12-18(11-14)21-13-23-22-19(16(21)3)9-8-17-6-4-5-7-20(17)22/h4-9,13,15,18H,1,10-12H2,2-3H3. The minimum atomic E-state index is 0.578. The molecule has 0 saturated heterocycles. The average Bonchev–Trinajstić information content (AvgIpc) is 2.54. The van der Waals surface area contributed by atoms with E-state index in [4.69, 9.17) is 4.98 Å². The van der Waals surface area contributed by atoms with Gasteiger partial charge in [-0.25, -0.2) is 0 Å². The lowest BCUT2D eigenvalue weighted by atomic mass is 9.76. The highest BCUT2D eigenvalue weighted by atomic mass is 14.7. The van der Waals surface area contributed by atoms with Crippen LogP contribution in [0, 0.1) is 12.8 Å². The van der Waals surface area contributed by atoms with E-state index < -0.39 is 0 Å². The first-order valence-electron chi connectivity index (χ1n) is 8.57. The van der Waals surface area contributed by atoms with Gasteiger partial charge in [0.05, 0.1) is 5.52 Å². The summed E-state index contributed by atoms with van der Waals surface area (Å²) in [5.74, 6) is 1.31. The molecule has 23 heavy (non-hydrogen) atoms. The van der Waals surface area contributed by atoms with E-state index in [9.17, 15) is 0 Å². The van der Waals surface area contributed by atoms with Crippen LogP contribution in [0.5, 0.6) is 0 Å². The quantitative estimate of drug-likeness (QED) is 0.387. The van der Waals surface area contributed by atoms with Gasteiger partial charge < -0.3 is 0 Å². The van der Waals surface area contributed by atoms with Crippen LogP contribution < -0.4 is 0 Å². The number of pyridine rings is 1. The molecule has 1 aliphatic carbocycles. The SMILES string of the molecule is C=C1CC(C)CC(c2cnc3c(ccc4ccccc43)c2C)C1. The molecule has 1 heterocycles. The summed E-state index contributed by atoms with van der Waals surface area (Å²) in [6, 6.07) is 13.0. The Kier molecular flexibility index (Phi) is 3.45. The summed E-state index contributed by atoms with van der Waals surface area (Å²) in [7, 11) is 0. The van der Waals surface area contributed by atoms with Crippen molar-refractivity contribution in [1.82, 2.24) is 4.98 Å². The van der Waals surface area contributed by atoms with Crippen molar-refractivity contribution >= 4 is 21.7 Å². The summed E-state index contributed by atoms with van der Waals surface area (Å²) >= 11 is 0. The highest BCUT2D eigenvalue weighted by Gasteiger charge is 2.24. The smallest absolute Gasteiger partial charge is 0.0783 e. The number of allylic oxidation sites excluding steroid dienone is 1. The van der Waals surface area contributed by atoms with Crippen LogP contribution in [0.25, 0.3) is 21.7 Å². The van der Waals surface area contributed by atoms with Crippen LogP contribution >= 0.6 is 0 Å². The molecule has 0 N–H and O–H groups in total. The third kappa shape index (κ3) is 2.45. The topological polar surface area (TPSA) is 12.9 Å². The van der Waals surface area contributed by atoms with Crippen molar-refractivity contribution in [2.45, 2.75) is 39.0 Å². The number of aryl methyl sites for hydroxylation is 1. The Morgan fingerprint density at radius 1 is 1.04 bits per heavy atom. The van der Waals surface area contributed by atoms with Gasteiger partial charge in [0.1, 0.15) is 0 Å². The van der Waals surface area contributed by atoms with E-state index in [0.29, 0.717) is 5.92 Å². The van der Waals surface area contributed by atoms with E-state index in [2.05, 4.69) is 63.0 Å². The van der Waals surface area contributed by atoms with Gasteiger partial charge >= 0.3 is 0 Å². The van der Waals surface area contributed by atoms with Crippen LogP contribution in [0.3, 0.4) is 0 Å². The molecule has 116 valence electrons. The molecule has 0 spiro atoms.